The highest BCUT2D eigenvalue weighted by molar-refractivity contribution is 7.18. The number of likely N-dealkylation sites (tertiary alicyclic amines) is 1. The zero-order valence-corrected chi connectivity index (χ0v) is 18.3. The highest BCUT2D eigenvalue weighted by Gasteiger charge is 2.35. The summed E-state index contributed by atoms with van der Waals surface area (Å²) in [5.74, 6) is 0.0770. The molecular weight excluding hydrogens is 394 g/mol. The molecule has 3 rings (SSSR count). The van der Waals surface area contributed by atoms with Crippen molar-refractivity contribution in [2.75, 3.05) is 18.4 Å². The number of halogens is 1. The molecule has 1 fully saturated rings. The van der Waals surface area contributed by atoms with Crippen LogP contribution >= 0.6 is 23.7 Å². The minimum Gasteiger partial charge on any atom is -0.336 e. The van der Waals surface area contributed by atoms with Gasteiger partial charge in [0.2, 0.25) is 5.91 Å². The quantitative estimate of drug-likeness (QED) is 0.785. The second-order valence-electron chi connectivity index (χ2n) is 8.22. The standard InChI is InChI=1S/C21H27N3O2S.ClH/c1-13-10-17(23-20(26)21(2,3)4)27-18(13)19(25)24-11-15(16(22)12-24)14-8-6-5-7-9-14;/h5-10,15-16H,11-12,22H2,1-4H3,(H,23,26);1H/t15-,16+;/m0./s1. The van der Waals surface area contributed by atoms with Gasteiger partial charge in [0.15, 0.2) is 0 Å². The summed E-state index contributed by atoms with van der Waals surface area (Å²) in [4.78, 5) is 27.8. The highest BCUT2D eigenvalue weighted by atomic mass is 35.5. The molecule has 0 aliphatic carbocycles. The van der Waals surface area contributed by atoms with E-state index in [-0.39, 0.29) is 36.2 Å². The molecule has 152 valence electrons. The van der Waals surface area contributed by atoms with Crippen molar-refractivity contribution in [3.63, 3.8) is 0 Å². The van der Waals surface area contributed by atoms with E-state index in [2.05, 4.69) is 17.4 Å². The van der Waals surface area contributed by atoms with E-state index < -0.39 is 5.41 Å². The number of nitrogens with zero attached hydrogens (tertiary/aromatic N) is 1. The SMILES string of the molecule is Cc1cc(NC(=O)C(C)(C)C)sc1C(=O)N1C[C@@H](N)[C@H](c2ccccc2)C1.Cl. The minimum atomic E-state index is -0.479. The molecule has 1 saturated heterocycles. The third-order valence-corrected chi connectivity index (χ3v) is 6.05. The first-order chi connectivity index (χ1) is 12.7. The van der Waals surface area contributed by atoms with Crippen LogP contribution in [-0.4, -0.2) is 35.8 Å². The molecule has 3 N–H and O–H groups in total. The van der Waals surface area contributed by atoms with Crippen molar-refractivity contribution in [1.82, 2.24) is 4.90 Å². The smallest absolute Gasteiger partial charge is 0.264 e. The molecule has 0 radical (unpaired) electrons. The summed E-state index contributed by atoms with van der Waals surface area (Å²) in [5.41, 5.74) is 7.90. The molecule has 1 aromatic heterocycles. The number of nitrogens with one attached hydrogen (secondary N) is 1. The van der Waals surface area contributed by atoms with Gasteiger partial charge < -0.3 is 16.0 Å². The number of nitrogens with two attached hydrogens (primary N) is 1. The Kier molecular flexibility index (Phi) is 6.91. The van der Waals surface area contributed by atoms with Crippen LogP contribution in [0.15, 0.2) is 36.4 Å². The number of rotatable bonds is 3. The Hall–Kier alpha value is -1.89. The lowest BCUT2D eigenvalue weighted by atomic mass is 9.95. The first-order valence-electron chi connectivity index (χ1n) is 9.18. The molecule has 2 atom stereocenters. The van der Waals surface area contributed by atoms with Gasteiger partial charge in [-0.25, -0.2) is 0 Å². The molecule has 0 unspecified atom stereocenters. The highest BCUT2D eigenvalue weighted by Crippen LogP contribution is 2.32. The van der Waals surface area contributed by atoms with Gasteiger partial charge >= 0.3 is 0 Å². The predicted molar refractivity (Wildman–Crippen MR) is 117 cm³/mol. The first kappa shape index (κ1) is 22.4. The number of carbonyl (C=O) groups is 2. The average Bonchev–Trinajstić information content (AvgIpc) is 3.17. The Morgan fingerprint density at radius 2 is 1.82 bits per heavy atom. The summed E-state index contributed by atoms with van der Waals surface area (Å²) in [5, 5.41) is 3.62. The van der Waals surface area contributed by atoms with E-state index in [1.807, 2.05) is 56.9 Å². The fourth-order valence-corrected chi connectivity index (χ4v) is 4.28. The Morgan fingerprint density at radius 1 is 1.18 bits per heavy atom. The molecule has 28 heavy (non-hydrogen) atoms. The van der Waals surface area contributed by atoms with Crippen molar-refractivity contribution in [1.29, 1.82) is 0 Å². The van der Waals surface area contributed by atoms with Crippen molar-refractivity contribution >= 4 is 40.6 Å². The van der Waals surface area contributed by atoms with Gasteiger partial charge in [-0.05, 0) is 24.1 Å². The fourth-order valence-electron chi connectivity index (χ4n) is 3.25. The molecule has 0 saturated carbocycles. The summed E-state index contributed by atoms with van der Waals surface area (Å²) in [6.45, 7) is 8.66. The van der Waals surface area contributed by atoms with Crippen LogP contribution in [0.4, 0.5) is 5.00 Å². The lowest BCUT2D eigenvalue weighted by Gasteiger charge is -2.17. The van der Waals surface area contributed by atoms with Crippen molar-refractivity contribution in [3.05, 3.63) is 52.4 Å². The number of hydrogen-bond acceptors (Lipinski definition) is 4. The molecule has 2 heterocycles. The third kappa shape index (κ3) is 4.74. The van der Waals surface area contributed by atoms with E-state index in [0.29, 0.717) is 23.0 Å². The second-order valence-corrected chi connectivity index (χ2v) is 9.27. The summed E-state index contributed by atoms with van der Waals surface area (Å²) in [6.07, 6.45) is 0. The maximum absolute atomic E-state index is 13.1. The zero-order chi connectivity index (χ0) is 19.8. The van der Waals surface area contributed by atoms with Gasteiger partial charge in [0.05, 0.1) is 9.88 Å². The van der Waals surface area contributed by atoms with Crippen molar-refractivity contribution in [2.45, 2.75) is 39.7 Å². The number of anilines is 1. The molecule has 1 aliphatic heterocycles. The van der Waals surface area contributed by atoms with E-state index >= 15 is 0 Å². The zero-order valence-electron chi connectivity index (χ0n) is 16.7. The number of thiophene rings is 1. The molecule has 1 aromatic carbocycles. The topological polar surface area (TPSA) is 75.4 Å². The van der Waals surface area contributed by atoms with Crippen LogP contribution in [-0.2, 0) is 4.79 Å². The van der Waals surface area contributed by atoms with Crippen LogP contribution in [0.25, 0.3) is 0 Å². The van der Waals surface area contributed by atoms with Crippen LogP contribution in [0.2, 0.25) is 0 Å². The molecule has 5 nitrogen and oxygen atoms in total. The van der Waals surface area contributed by atoms with Crippen LogP contribution in [0.3, 0.4) is 0 Å². The van der Waals surface area contributed by atoms with Gasteiger partial charge in [-0.15, -0.1) is 23.7 Å². The summed E-state index contributed by atoms with van der Waals surface area (Å²) < 4.78 is 0. The first-order valence-corrected chi connectivity index (χ1v) is 10.00. The summed E-state index contributed by atoms with van der Waals surface area (Å²) in [6, 6.07) is 11.9. The Balaban J connectivity index is 0.00000280. The molecular formula is C21H28ClN3O2S. The Bertz CT molecular complexity index is 845. The van der Waals surface area contributed by atoms with E-state index in [1.54, 1.807) is 0 Å². The Labute approximate surface area is 176 Å². The number of benzene rings is 1. The van der Waals surface area contributed by atoms with Gasteiger partial charge in [0.25, 0.3) is 5.91 Å². The maximum atomic E-state index is 13.1. The molecule has 7 heteroatoms. The monoisotopic (exact) mass is 421 g/mol. The van der Waals surface area contributed by atoms with Crippen LogP contribution < -0.4 is 11.1 Å². The van der Waals surface area contributed by atoms with Crippen LogP contribution in [0, 0.1) is 12.3 Å². The largest absolute Gasteiger partial charge is 0.336 e. The molecule has 2 amide bonds. The van der Waals surface area contributed by atoms with Gasteiger partial charge in [0.1, 0.15) is 0 Å². The second kappa shape index (κ2) is 8.64. The third-order valence-electron chi connectivity index (χ3n) is 4.91. The van der Waals surface area contributed by atoms with Gasteiger partial charge in [-0.3, -0.25) is 9.59 Å². The van der Waals surface area contributed by atoms with Gasteiger partial charge in [-0.1, -0.05) is 51.1 Å². The molecule has 0 spiro atoms. The van der Waals surface area contributed by atoms with E-state index in [1.165, 1.54) is 16.9 Å². The van der Waals surface area contributed by atoms with Gasteiger partial charge in [-0.2, -0.15) is 0 Å². The van der Waals surface area contributed by atoms with E-state index in [0.717, 1.165) is 5.56 Å². The fraction of sp³-hybridized carbons (Fsp3) is 0.429. The summed E-state index contributed by atoms with van der Waals surface area (Å²) in [7, 11) is 0. The van der Waals surface area contributed by atoms with Crippen molar-refractivity contribution < 1.29 is 9.59 Å². The van der Waals surface area contributed by atoms with Crippen LogP contribution in [0.5, 0.6) is 0 Å². The van der Waals surface area contributed by atoms with Crippen molar-refractivity contribution in [2.24, 2.45) is 11.1 Å². The average molecular weight is 422 g/mol. The molecule has 1 aliphatic rings. The van der Waals surface area contributed by atoms with Gasteiger partial charge in [0, 0.05) is 30.5 Å². The van der Waals surface area contributed by atoms with E-state index in [9.17, 15) is 9.59 Å². The predicted octanol–water partition coefficient (Wildman–Crippen LogP) is 4.03. The minimum absolute atomic E-state index is 0. The number of carbonyl (C=O) groups excluding carboxylic acids is 2. The number of hydrogen-bond donors (Lipinski definition) is 2. The molecule has 0 bridgehead atoms. The molecule has 2 aromatic rings. The normalized spacial score (nSPS) is 19.2. The number of aryl methyl sites for hydroxylation is 1. The summed E-state index contributed by atoms with van der Waals surface area (Å²) >= 11 is 1.33. The van der Waals surface area contributed by atoms with E-state index in [4.69, 9.17) is 5.73 Å². The maximum Gasteiger partial charge on any atom is 0.264 e. The lowest BCUT2D eigenvalue weighted by Crippen LogP contribution is -2.32. The number of amides is 2. The van der Waals surface area contributed by atoms with Crippen LogP contribution in [0.1, 0.15) is 47.5 Å². The lowest BCUT2D eigenvalue weighted by molar-refractivity contribution is -0.123. The van der Waals surface area contributed by atoms with Crippen molar-refractivity contribution in [3.8, 4) is 0 Å². The Morgan fingerprint density at radius 3 is 2.43 bits per heavy atom.